The number of carbonyl (C=O) groups excluding carboxylic acids is 1. The van der Waals surface area contributed by atoms with E-state index in [-0.39, 0.29) is 11.5 Å². The van der Waals surface area contributed by atoms with Crippen molar-refractivity contribution >= 4 is 5.78 Å². The van der Waals surface area contributed by atoms with Crippen molar-refractivity contribution < 1.29 is 14.6 Å². The average molecular weight is 242 g/mol. The van der Waals surface area contributed by atoms with Gasteiger partial charge in [0.15, 0.2) is 5.78 Å². The number of ketones is 1. The van der Waals surface area contributed by atoms with Gasteiger partial charge in [-0.1, -0.05) is 23.8 Å². The first-order valence-electron chi connectivity index (χ1n) is 5.60. The highest BCUT2D eigenvalue weighted by atomic mass is 16.5. The van der Waals surface area contributed by atoms with Crippen molar-refractivity contribution in [3.05, 3.63) is 59.2 Å². The molecule has 0 aliphatic carbocycles. The molecule has 0 saturated carbocycles. The van der Waals surface area contributed by atoms with E-state index in [0.29, 0.717) is 16.9 Å². The number of carbonyl (C=O) groups is 1. The van der Waals surface area contributed by atoms with Gasteiger partial charge in [-0.05, 0) is 31.2 Å². The Labute approximate surface area is 106 Å². The van der Waals surface area contributed by atoms with Crippen LogP contribution in [0.4, 0.5) is 0 Å². The van der Waals surface area contributed by atoms with E-state index in [0.717, 1.165) is 5.56 Å². The fourth-order valence-corrected chi connectivity index (χ4v) is 1.80. The molecular formula is C15H14O3. The molecule has 0 saturated heterocycles. The summed E-state index contributed by atoms with van der Waals surface area (Å²) in [5.74, 6) is 0.452. The largest absolute Gasteiger partial charge is 0.508 e. The summed E-state index contributed by atoms with van der Waals surface area (Å²) in [7, 11) is 1.53. The molecule has 0 bridgehead atoms. The second kappa shape index (κ2) is 4.92. The minimum absolute atomic E-state index is 0.0764. The van der Waals surface area contributed by atoms with E-state index >= 15 is 0 Å². The number of benzene rings is 2. The summed E-state index contributed by atoms with van der Waals surface area (Å²) in [6.45, 7) is 1.92. The van der Waals surface area contributed by atoms with Crippen molar-refractivity contribution in [2.75, 3.05) is 7.11 Å². The lowest BCUT2D eigenvalue weighted by atomic mass is 10.0. The Balaban J connectivity index is 2.48. The molecule has 0 unspecified atom stereocenters. The normalized spacial score (nSPS) is 10.1. The summed E-state index contributed by atoms with van der Waals surface area (Å²) in [5.41, 5.74) is 1.93. The Kier molecular flexibility index (Phi) is 3.33. The summed E-state index contributed by atoms with van der Waals surface area (Å²) in [6, 6.07) is 11.7. The lowest BCUT2D eigenvalue weighted by molar-refractivity contribution is 0.103. The second-order valence-corrected chi connectivity index (χ2v) is 4.08. The summed E-state index contributed by atoms with van der Waals surface area (Å²) in [5, 5.41) is 9.41. The molecule has 0 aliphatic rings. The van der Waals surface area contributed by atoms with Gasteiger partial charge in [0.25, 0.3) is 0 Å². The van der Waals surface area contributed by atoms with Crippen LogP contribution < -0.4 is 4.74 Å². The third kappa shape index (κ3) is 2.35. The average Bonchev–Trinajstić information content (AvgIpc) is 2.38. The van der Waals surface area contributed by atoms with E-state index < -0.39 is 0 Å². The second-order valence-electron chi connectivity index (χ2n) is 4.08. The van der Waals surface area contributed by atoms with Gasteiger partial charge < -0.3 is 9.84 Å². The first kappa shape index (κ1) is 12.2. The number of methoxy groups -OCH3 is 1. The SMILES string of the molecule is COc1ccc(C)cc1C(=O)c1cccc(O)c1. The van der Waals surface area contributed by atoms with Crippen molar-refractivity contribution in [2.24, 2.45) is 0 Å². The Bertz CT molecular complexity index is 588. The first-order chi connectivity index (χ1) is 8.61. The molecule has 0 aromatic heterocycles. The smallest absolute Gasteiger partial charge is 0.196 e. The zero-order valence-corrected chi connectivity index (χ0v) is 10.3. The topological polar surface area (TPSA) is 46.5 Å². The molecule has 2 rings (SSSR count). The van der Waals surface area contributed by atoms with Crippen molar-refractivity contribution in [2.45, 2.75) is 6.92 Å². The highest BCUT2D eigenvalue weighted by Gasteiger charge is 2.14. The molecule has 2 aromatic carbocycles. The van der Waals surface area contributed by atoms with Gasteiger partial charge in [-0.25, -0.2) is 0 Å². The van der Waals surface area contributed by atoms with Crippen LogP contribution >= 0.6 is 0 Å². The molecule has 1 N–H and O–H groups in total. The number of phenols is 1. The summed E-state index contributed by atoms with van der Waals surface area (Å²) < 4.78 is 5.19. The predicted octanol–water partition coefficient (Wildman–Crippen LogP) is 2.94. The van der Waals surface area contributed by atoms with Gasteiger partial charge in [-0.2, -0.15) is 0 Å². The first-order valence-corrected chi connectivity index (χ1v) is 5.60. The number of rotatable bonds is 3. The molecule has 0 amide bonds. The van der Waals surface area contributed by atoms with Crippen LogP contribution in [0.3, 0.4) is 0 Å². The van der Waals surface area contributed by atoms with Gasteiger partial charge in [-0.15, -0.1) is 0 Å². The highest BCUT2D eigenvalue weighted by molar-refractivity contribution is 6.11. The molecule has 0 fully saturated rings. The lowest BCUT2D eigenvalue weighted by Crippen LogP contribution is -2.04. The molecule has 92 valence electrons. The van der Waals surface area contributed by atoms with Gasteiger partial charge in [0.2, 0.25) is 0 Å². The molecule has 2 aromatic rings. The number of phenolic OH excluding ortho intramolecular Hbond substituents is 1. The molecular weight excluding hydrogens is 228 g/mol. The maximum atomic E-state index is 12.3. The zero-order chi connectivity index (χ0) is 13.1. The van der Waals surface area contributed by atoms with E-state index in [2.05, 4.69) is 0 Å². The molecule has 3 nitrogen and oxygen atoms in total. The number of ether oxygens (including phenoxy) is 1. The van der Waals surface area contributed by atoms with Gasteiger partial charge >= 0.3 is 0 Å². The molecule has 0 radical (unpaired) electrons. The number of aromatic hydroxyl groups is 1. The van der Waals surface area contributed by atoms with Gasteiger partial charge in [-0.3, -0.25) is 4.79 Å². The molecule has 0 aliphatic heterocycles. The highest BCUT2D eigenvalue weighted by Crippen LogP contribution is 2.24. The predicted molar refractivity (Wildman–Crippen MR) is 69.3 cm³/mol. The van der Waals surface area contributed by atoms with Crippen LogP contribution in [0.25, 0.3) is 0 Å². The maximum absolute atomic E-state index is 12.3. The van der Waals surface area contributed by atoms with Crippen LogP contribution in [-0.2, 0) is 0 Å². The minimum Gasteiger partial charge on any atom is -0.508 e. The van der Waals surface area contributed by atoms with E-state index in [1.165, 1.54) is 19.2 Å². The molecule has 0 spiro atoms. The third-order valence-corrected chi connectivity index (χ3v) is 2.71. The van der Waals surface area contributed by atoms with Crippen LogP contribution in [-0.4, -0.2) is 18.0 Å². The molecule has 0 atom stereocenters. The number of hydrogen-bond donors (Lipinski definition) is 1. The van der Waals surface area contributed by atoms with Crippen molar-refractivity contribution in [3.63, 3.8) is 0 Å². The summed E-state index contributed by atoms with van der Waals surface area (Å²) in [4.78, 5) is 12.3. The molecule has 3 heteroatoms. The quantitative estimate of drug-likeness (QED) is 0.842. The van der Waals surface area contributed by atoms with Gasteiger partial charge in [0.1, 0.15) is 11.5 Å². The third-order valence-electron chi connectivity index (χ3n) is 2.71. The summed E-state index contributed by atoms with van der Waals surface area (Å²) >= 11 is 0. The Morgan fingerprint density at radius 2 is 1.94 bits per heavy atom. The molecule has 0 heterocycles. The van der Waals surface area contributed by atoms with Crippen molar-refractivity contribution in [1.82, 2.24) is 0 Å². The fraction of sp³-hybridized carbons (Fsp3) is 0.133. The zero-order valence-electron chi connectivity index (χ0n) is 10.3. The van der Waals surface area contributed by atoms with Crippen molar-refractivity contribution in [1.29, 1.82) is 0 Å². The van der Waals surface area contributed by atoms with E-state index in [1.807, 2.05) is 13.0 Å². The van der Waals surface area contributed by atoms with Crippen LogP contribution in [0, 0.1) is 6.92 Å². The van der Waals surface area contributed by atoms with Gasteiger partial charge in [0.05, 0.1) is 12.7 Å². The lowest BCUT2D eigenvalue weighted by Gasteiger charge is -2.08. The van der Waals surface area contributed by atoms with Crippen LogP contribution in [0.15, 0.2) is 42.5 Å². The van der Waals surface area contributed by atoms with E-state index in [1.54, 1.807) is 24.3 Å². The molecule has 18 heavy (non-hydrogen) atoms. The van der Waals surface area contributed by atoms with Crippen molar-refractivity contribution in [3.8, 4) is 11.5 Å². The van der Waals surface area contributed by atoms with Crippen LogP contribution in [0.5, 0.6) is 11.5 Å². The monoisotopic (exact) mass is 242 g/mol. The Hall–Kier alpha value is -2.29. The maximum Gasteiger partial charge on any atom is 0.196 e. The van der Waals surface area contributed by atoms with Crippen LogP contribution in [0.2, 0.25) is 0 Å². The van der Waals surface area contributed by atoms with Gasteiger partial charge in [0, 0.05) is 5.56 Å². The minimum atomic E-state index is -0.161. The van der Waals surface area contributed by atoms with E-state index in [4.69, 9.17) is 4.74 Å². The van der Waals surface area contributed by atoms with Crippen LogP contribution in [0.1, 0.15) is 21.5 Å². The standard InChI is InChI=1S/C15H14O3/c1-10-6-7-14(18-2)13(8-10)15(17)11-4-3-5-12(16)9-11/h3-9,16H,1-2H3. The fourth-order valence-electron chi connectivity index (χ4n) is 1.80. The summed E-state index contributed by atoms with van der Waals surface area (Å²) in [6.07, 6.45) is 0. The Morgan fingerprint density at radius 3 is 2.61 bits per heavy atom. The number of aryl methyl sites for hydroxylation is 1. The number of hydrogen-bond acceptors (Lipinski definition) is 3. The Morgan fingerprint density at radius 1 is 1.17 bits per heavy atom. The van der Waals surface area contributed by atoms with E-state index in [9.17, 15) is 9.90 Å².